The summed E-state index contributed by atoms with van der Waals surface area (Å²) in [7, 11) is 1.50. The molecule has 0 saturated carbocycles. The van der Waals surface area contributed by atoms with Crippen LogP contribution in [-0.2, 0) is 11.2 Å². The molecule has 146 valence electrons. The summed E-state index contributed by atoms with van der Waals surface area (Å²) in [4.78, 5) is 12.5. The van der Waals surface area contributed by atoms with E-state index in [1.165, 1.54) is 13.2 Å². The van der Waals surface area contributed by atoms with Crippen LogP contribution in [0.3, 0.4) is 0 Å². The molecule has 2 rings (SSSR count). The van der Waals surface area contributed by atoms with Crippen LogP contribution in [0.2, 0.25) is 5.02 Å². The highest BCUT2D eigenvalue weighted by Crippen LogP contribution is 2.34. The Balaban J connectivity index is 2.41. The predicted octanol–water partition coefficient (Wildman–Crippen LogP) is 4.63. The smallest absolute Gasteiger partial charge is 0.266 e. The van der Waals surface area contributed by atoms with Crippen LogP contribution in [0.15, 0.2) is 54.6 Å². The maximum absolute atomic E-state index is 12.5. The Bertz CT molecular complexity index is 1030. The van der Waals surface area contributed by atoms with E-state index in [1.807, 2.05) is 6.07 Å². The zero-order valence-electron chi connectivity index (χ0n) is 15.9. The molecule has 0 aromatic heterocycles. The molecule has 0 aliphatic carbocycles. The molecule has 29 heavy (non-hydrogen) atoms. The first-order valence-corrected chi connectivity index (χ1v) is 8.97. The third kappa shape index (κ3) is 5.65. The van der Waals surface area contributed by atoms with Crippen molar-refractivity contribution >= 4 is 29.3 Å². The second-order valence-electron chi connectivity index (χ2n) is 5.80. The Labute approximate surface area is 175 Å². The van der Waals surface area contributed by atoms with Gasteiger partial charge in [-0.25, -0.2) is 0 Å². The molecule has 0 unspecified atom stereocenters. The Kier molecular flexibility index (Phi) is 7.91. The molecule has 5 nitrogen and oxygen atoms in total. The third-order valence-corrected chi connectivity index (χ3v) is 4.17. The van der Waals surface area contributed by atoms with E-state index in [-0.39, 0.29) is 12.2 Å². The van der Waals surface area contributed by atoms with Crippen molar-refractivity contribution in [3.8, 4) is 29.9 Å². The van der Waals surface area contributed by atoms with E-state index < -0.39 is 5.91 Å². The van der Waals surface area contributed by atoms with Crippen molar-refractivity contribution in [2.24, 2.45) is 0 Å². The van der Waals surface area contributed by atoms with Gasteiger partial charge in [-0.1, -0.05) is 35.7 Å². The summed E-state index contributed by atoms with van der Waals surface area (Å²) >= 11 is 6.06. The lowest BCUT2D eigenvalue weighted by Gasteiger charge is -2.14. The highest BCUT2D eigenvalue weighted by molar-refractivity contribution is 6.34. The number of nitrogens with zero attached hydrogens (tertiary/aromatic N) is 1. The van der Waals surface area contributed by atoms with Crippen LogP contribution in [0.1, 0.15) is 11.1 Å². The van der Waals surface area contributed by atoms with Gasteiger partial charge >= 0.3 is 0 Å². The van der Waals surface area contributed by atoms with Crippen molar-refractivity contribution in [1.82, 2.24) is 0 Å². The van der Waals surface area contributed by atoms with Crippen LogP contribution in [0.4, 0.5) is 5.69 Å². The Morgan fingerprint density at radius 2 is 2.14 bits per heavy atom. The minimum Gasteiger partial charge on any atom is -0.493 e. The summed E-state index contributed by atoms with van der Waals surface area (Å²) in [5, 5.41) is 12.5. The maximum Gasteiger partial charge on any atom is 0.266 e. The maximum atomic E-state index is 12.5. The number of hydrogen-bond acceptors (Lipinski definition) is 4. The van der Waals surface area contributed by atoms with Crippen LogP contribution < -0.4 is 14.8 Å². The molecule has 0 spiro atoms. The molecule has 6 heteroatoms. The molecule has 0 atom stereocenters. The highest BCUT2D eigenvalue weighted by atomic mass is 35.5. The van der Waals surface area contributed by atoms with Gasteiger partial charge in [0.05, 0.1) is 17.8 Å². The van der Waals surface area contributed by atoms with E-state index in [0.29, 0.717) is 34.2 Å². The molecule has 0 saturated heterocycles. The van der Waals surface area contributed by atoms with Gasteiger partial charge in [0.25, 0.3) is 5.91 Å². The average Bonchev–Trinajstić information content (AvgIpc) is 2.72. The zero-order chi connectivity index (χ0) is 21.2. The van der Waals surface area contributed by atoms with Crippen molar-refractivity contribution in [3.05, 3.63) is 70.8 Å². The highest BCUT2D eigenvalue weighted by Gasteiger charge is 2.15. The molecular formula is C23H19ClN2O3. The van der Waals surface area contributed by atoms with E-state index in [4.69, 9.17) is 27.5 Å². The number of amides is 1. The number of terminal acetylenes is 1. The van der Waals surface area contributed by atoms with E-state index in [1.54, 1.807) is 42.5 Å². The summed E-state index contributed by atoms with van der Waals surface area (Å²) in [6.45, 7) is 3.82. The fraction of sp³-hybridized carbons (Fsp3) is 0.130. The normalized spacial score (nSPS) is 10.4. The lowest BCUT2D eigenvalue weighted by atomic mass is 10.0. The van der Waals surface area contributed by atoms with Crippen LogP contribution in [0, 0.1) is 23.7 Å². The minimum atomic E-state index is -0.572. The largest absolute Gasteiger partial charge is 0.493 e. The number of carbonyl (C=O) groups excluding carboxylic acids is 1. The molecular weight excluding hydrogens is 388 g/mol. The second kappa shape index (κ2) is 10.6. The molecule has 0 aliphatic heterocycles. The molecule has 0 aliphatic rings. The van der Waals surface area contributed by atoms with Gasteiger partial charge in [0.15, 0.2) is 11.5 Å². The number of carbonyl (C=O) groups is 1. The van der Waals surface area contributed by atoms with Gasteiger partial charge in [0.2, 0.25) is 0 Å². The van der Waals surface area contributed by atoms with Gasteiger partial charge < -0.3 is 14.8 Å². The Morgan fingerprint density at radius 1 is 1.38 bits per heavy atom. The van der Waals surface area contributed by atoms with E-state index in [2.05, 4.69) is 17.8 Å². The van der Waals surface area contributed by atoms with Crippen LogP contribution in [-0.4, -0.2) is 19.6 Å². The Hall–Kier alpha value is -3.67. The number of hydrogen-bond donors (Lipinski definition) is 1. The number of anilines is 1. The Morgan fingerprint density at radius 3 is 2.76 bits per heavy atom. The van der Waals surface area contributed by atoms with Crippen LogP contribution >= 0.6 is 11.6 Å². The summed E-state index contributed by atoms with van der Waals surface area (Å²) in [6, 6.07) is 12.1. The molecule has 0 bridgehead atoms. The zero-order valence-corrected chi connectivity index (χ0v) is 16.6. The van der Waals surface area contributed by atoms with E-state index >= 15 is 0 Å². The number of benzene rings is 2. The number of nitriles is 1. The van der Waals surface area contributed by atoms with Gasteiger partial charge in [-0.05, 0) is 42.3 Å². The quantitative estimate of drug-likeness (QED) is 0.300. The SMILES string of the molecule is C#CCOc1c(CC=C)cc(/C=C(\C#N)C(=O)Nc2ccccc2Cl)cc1OC. The van der Waals surface area contributed by atoms with Crippen LogP contribution in [0.25, 0.3) is 6.08 Å². The minimum absolute atomic E-state index is 0.0827. The molecule has 0 heterocycles. The van der Waals surface area contributed by atoms with Gasteiger partial charge in [0, 0.05) is 5.56 Å². The third-order valence-electron chi connectivity index (χ3n) is 3.84. The van der Waals surface area contributed by atoms with Crippen molar-refractivity contribution in [2.75, 3.05) is 19.0 Å². The molecule has 0 fully saturated rings. The van der Waals surface area contributed by atoms with E-state index in [9.17, 15) is 10.1 Å². The molecule has 1 amide bonds. The van der Waals surface area contributed by atoms with Crippen molar-refractivity contribution in [2.45, 2.75) is 6.42 Å². The summed E-state index contributed by atoms with van der Waals surface area (Å²) in [5.41, 5.74) is 1.69. The summed E-state index contributed by atoms with van der Waals surface area (Å²) in [5.74, 6) is 2.78. The van der Waals surface area contributed by atoms with Gasteiger partial charge in [-0.2, -0.15) is 5.26 Å². The first-order chi connectivity index (χ1) is 14.0. The standard InChI is InChI=1S/C23H19ClN2O3/c1-4-8-17-12-16(14-21(28-3)22(17)29-11-5-2)13-18(15-25)23(27)26-20-10-7-6-9-19(20)24/h2,4,6-7,9-10,12-14H,1,8,11H2,3H3,(H,26,27)/b18-13+. The van der Waals surface area contributed by atoms with Crippen molar-refractivity contribution < 1.29 is 14.3 Å². The molecule has 0 radical (unpaired) electrons. The number of halogens is 1. The molecule has 1 N–H and O–H groups in total. The van der Waals surface area contributed by atoms with Crippen molar-refractivity contribution in [3.63, 3.8) is 0 Å². The average molecular weight is 407 g/mol. The molecule has 2 aromatic carbocycles. The fourth-order valence-electron chi connectivity index (χ4n) is 2.57. The number of methoxy groups -OCH3 is 1. The summed E-state index contributed by atoms with van der Waals surface area (Å²) in [6.07, 6.45) is 8.94. The number of para-hydroxylation sites is 1. The van der Waals surface area contributed by atoms with Crippen LogP contribution in [0.5, 0.6) is 11.5 Å². The van der Waals surface area contributed by atoms with E-state index in [0.717, 1.165) is 5.56 Å². The predicted molar refractivity (Wildman–Crippen MR) is 115 cm³/mol. The summed E-state index contributed by atoms with van der Waals surface area (Å²) < 4.78 is 11.0. The number of rotatable bonds is 8. The first kappa shape index (κ1) is 21.6. The molecule has 2 aromatic rings. The van der Waals surface area contributed by atoms with Gasteiger partial charge in [-0.3, -0.25) is 4.79 Å². The first-order valence-electron chi connectivity index (χ1n) is 8.59. The lowest BCUT2D eigenvalue weighted by Crippen LogP contribution is -2.13. The van der Waals surface area contributed by atoms with Crippen molar-refractivity contribution in [1.29, 1.82) is 5.26 Å². The monoisotopic (exact) mass is 406 g/mol. The van der Waals surface area contributed by atoms with Gasteiger partial charge in [0.1, 0.15) is 18.2 Å². The topological polar surface area (TPSA) is 71.3 Å². The fourth-order valence-corrected chi connectivity index (χ4v) is 2.75. The van der Waals surface area contributed by atoms with Gasteiger partial charge in [-0.15, -0.1) is 13.0 Å². The second-order valence-corrected chi connectivity index (χ2v) is 6.21. The number of nitrogens with one attached hydrogen (secondary N) is 1. The lowest BCUT2D eigenvalue weighted by molar-refractivity contribution is -0.112. The number of ether oxygens (including phenoxy) is 2. The number of allylic oxidation sites excluding steroid dienone is 1.